The van der Waals surface area contributed by atoms with Crippen molar-refractivity contribution in [3.8, 4) is 0 Å². The molecule has 3 unspecified atom stereocenters. The fourth-order valence-corrected chi connectivity index (χ4v) is 4.67. The summed E-state index contributed by atoms with van der Waals surface area (Å²) in [6, 6.07) is 4.77. The van der Waals surface area contributed by atoms with E-state index < -0.39 is 0 Å². The topological polar surface area (TPSA) is 68.0 Å². The zero-order valence-electron chi connectivity index (χ0n) is 16.3. The Bertz CT molecular complexity index is 614. The first kappa shape index (κ1) is 20.9. The zero-order valence-corrected chi connectivity index (χ0v) is 18.6. The molecule has 2 N–H and O–H groups in total. The third kappa shape index (κ3) is 4.62. The van der Waals surface area contributed by atoms with Gasteiger partial charge in [0.05, 0.1) is 12.4 Å². The van der Waals surface area contributed by atoms with Gasteiger partial charge in [-0.1, -0.05) is 13.8 Å². The Morgan fingerprint density at radius 1 is 1.19 bits per heavy atom. The van der Waals surface area contributed by atoms with Crippen molar-refractivity contribution in [3.63, 3.8) is 0 Å². The Labute approximate surface area is 178 Å². The number of guanidine groups is 1. The van der Waals surface area contributed by atoms with E-state index in [0.29, 0.717) is 30.7 Å². The molecule has 0 amide bonds. The minimum Gasteiger partial charge on any atom is -0.469 e. The molecule has 1 aromatic rings. The first-order chi connectivity index (χ1) is 12.6. The lowest BCUT2D eigenvalue weighted by molar-refractivity contribution is -0.107. The SMILES string of the molecule is CC1(C)C(NC(=NCCc2ccco2)NC2CCOCC2)C2CCOC21.I. The van der Waals surface area contributed by atoms with Gasteiger partial charge in [0.2, 0.25) is 0 Å². The van der Waals surface area contributed by atoms with Gasteiger partial charge in [-0.15, -0.1) is 24.0 Å². The van der Waals surface area contributed by atoms with Crippen LogP contribution in [0.15, 0.2) is 27.8 Å². The lowest BCUT2D eigenvalue weighted by Gasteiger charge is -2.55. The van der Waals surface area contributed by atoms with Gasteiger partial charge in [-0.2, -0.15) is 0 Å². The van der Waals surface area contributed by atoms with Crippen LogP contribution in [-0.2, 0) is 15.9 Å². The summed E-state index contributed by atoms with van der Waals surface area (Å²) in [5, 5.41) is 7.37. The van der Waals surface area contributed by atoms with Crippen LogP contribution in [0.4, 0.5) is 0 Å². The number of nitrogens with zero attached hydrogens (tertiary/aromatic N) is 1. The number of halogens is 1. The third-order valence-corrected chi connectivity index (χ3v) is 6.16. The minimum atomic E-state index is 0. The fourth-order valence-electron chi connectivity index (χ4n) is 4.67. The van der Waals surface area contributed by atoms with Crippen LogP contribution in [0.1, 0.15) is 38.9 Å². The van der Waals surface area contributed by atoms with Crippen molar-refractivity contribution in [2.75, 3.05) is 26.4 Å². The number of hydrogen-bond acceptors (Lipinski definition) is 4. The molecule has 0 spiro atoms. The summed E-state index contributed by atoms with van der Waals surface area (Å²) >= 11 is 0. The number of rotatable bonds is 5. The summed E-state index contributed by atoms with van der Waals surface area (Å²) in [5.74, 6) is 2.50. The molecule has 3 atom stereocenters. The molecular weight excluding hydrogens is 457 g/mol. The van der Waals surface area contributed by atoms with Crippen LogP contribution < -0.4 is 10.6 Å². The summed E-state index contributed by atoms with van der Waals surface area (Å²) in [6.07, 6.45) is 6.12. The molecule has 0 bridgehead atoms. The van der Waals surface area contributed by atoms with E-state index in [0.717, 1.165) is 57.2 Å². The first-order valence-corrected chi connectivity index (χ1v) is 9.94. The zero-order chi connectivity index (χ0) is 18.0. The van der Waals surface area contributed by atoms with Gasteiger partial charge in [0.1, 0.15) is 5.76 Å². The average Bonchev–Trinajstić information content (AvgIpc) is 3.31. The molecular formula is C20H32IN3O3. The molecule has 1 aromatic heterocycles. The lowest BCUT2D eigenvalue weighted by atomic mass is 9.57. The molecule has 7 heteroatoms. The van der Waals surface area contributed by atoms with Gasteiger partial charge in [0.25, 0.3) is 0 Å². The Morgan fingerprint density at radius 3 is 2.74 bits per heavy atom. The number of ether oxygens (including phenoxy) is 2. The maximum atomic E-state index is 5.93. The molecule has 1 saturated carbocycles. The number of hydrogen-bond donors (Lipinski definition) is 2. The number of aliphatic imine (C=N–C) groups is 1. The molecule has 2 aliphatic heterocycles. The highest BCUT2D eigenvalue weighted by Gasteiger charge is 2.59. The van der Waals surface area contributed by atoms with Crippen LogP contribution in [0.2, 0.25) is 0 Å². The normalized spacial score (nSPS) is 30.1. The Morgan fingerprint density at radius 2 is 2.00 bits per heavy atom. The number of fused-ring (bicyclic) bond motifs is 1. The predicted molar refractivity (Wildman–Crippen MR) is 116 cm³/mol. The van der Waals surface area contributed by atoms with Gasteiger partial charge in [-0.25, -0.2) is 0 Å². The van der Waals surface area contributed by atoms with Crippen LogP contribution in [0.25, 0.3) is 0 Å². The Balaban J connectivity index is 0.00000210. The highest BCUT2D eigenvalue weighted by molar-refractivity contribution is 14.0. The summed E-state index contributed by atoms with van der Waals surface area (Å²) in [6.45, 7) is 7.84. The molecule has 3 aliphatic rings. The van der Waals surface area contributed by atoms with Gasteiger partial charge in [-0.3, -0.25) is 4.99 Å². The first-order valence-electron chi connectivity index (χ1n) is 9.94. The molecule has 1 aliphatic carbocycles. The van der Waals surface area contributed by atoms with Gasteiger partial charge < -0.3 is 24.5 Å². The van der Waals surface area contributed by atoms with Gasteiger partial charge in [0.15, 0.2) is 5.96 Å². The van der Waals surface area contributed by atoms with Crippen molar-refractivity contribution < 1.29 is 13.9 Å². The molecule has 3 fully saturated rings. The van der Waals surface area contributed by atoms with Crippen LogP contribution >= 0.6 is 24.0 Å². The van der Waals surface area contributed by atoms with Crippen LogP contribution in [0.3, 0.4) is 0 Å². The van der Waals surface area contributed by atoms with Crippen molar-refractivity contribution >= 4 is 29.9 Å². The van der Waals surface area contributed by atoms with E-state index in [2.05, 4.69) is 24.5 Å². The van der Waals surface area contributed by atoms with Crippen molar-refractivity contribution in [1.29, 1.82) is 0 Å². The van der Waals surface area contributed by atoms with E-state index in [1.807, 2.05) is 12.1 Å². The van der Waals surface area contributed by atoms with E-state index >= 15 is 0 Å². The highest BCUT2D eigenvalue weighted by Crippen LogP contribution is 2.52. The maximum absolute atomic E-state index is 5.93. The third-order valence-electron chi connectivity index (χ3n) is 6.16. The monoisotopic (exact) mass is 489 g/mol. The number of nitrogens with one attached hydrogen (secondary N) is 2. The van der Waals surface area contributed by atoms with Gasteiger partial charge in [-0.05, 0) is 31.4 Å². The quantitative estimate of drug-likeness (QED) is 0.378. The summed E-state index contributed by atoms with van der Waals surface area (Å²) in [5.41, 5.74) is 0.139. The molecule has 0 radical (unpaired) electrons. The predicted octanol–water partition coefficient (Wildman–Crippen LogP) is 2.97. The van der Waals surface area contributed by atoms with Crippen molar-refractivity contribution in [2.45, 2.75) is 57.7 Å². The van der Waals surface area contributed by atoms with E-state index in [1.165, 1.54) is 0 Å². The highest BCUT2D eigenvalue weighted by atomic mass is 127. The maximum Gasteiger partial charge on any atom is 0.191 e. The molecule has 27 heavy (non-hydrogen) atoms. The van der Waals surface area contributed by atoms with Crippen LogP contribution in [0, 0.1) is 11.3 Å². The minimum absolute atomic E-state index is 0. The van der Waals surface area contributed by atoms with E-state index in [1.54, 1.807) is 6.26 Å². The standard InChI is InChI=1S/C20H31N3O3.HI/c1-20(2)17(16-8-13-26-18(16)20)23-19(22-14-6-11-24-12-7-14)21-9-5-15-4-3-10-25-15;/h3-4,10,14,16-18H,5-9,11-13H2,1-2H3,(H2,21,22,23);1H. The average molecular weight is 489 g/mol. The van der Waals surface area contributed by atoms with E-state index in [-0.39, 0.29) is 29.4 Å². The second kappa shape index (κ2) is 9.13. The van der Waals surface area contributed by atoms with Crippen LogP contribution in [-0.4, -0.2) is 50.5 Å². The Hall–Kier alpha value is -0.800. The molecule has 6 nitrogen and oxygen atoms in total. The molecule has 152 valence electrons. The smallest absolute Gasteiger partial charge is 0.191 e. The molecule has 0 aromatic carbocycles. The largest absolute Gasteiger partial charge is 0.469 e. The van der Waals surface area contributed by atoms with Gasteiger partial charge >= 0.3 is 0 Å². The second-order valence-electron chi connectivity index (χ2n) is 8.28. The second-order valence-corrected chi connectivity index (χ2v) is 8.28. The van der Waals surface area contributed by atoms with Crippen molar-refractivity contribution in [1.82, 2.24) is 10.6 Å². The summed E-state index contributed by atoms with van der Waals surface area (Å²) < 4.78 is 16.8. The van der Waals surface area contributed by atoms with E-state index in [4.69, 9.17) is 18.9 Å². The van der Waals surface area contributed by atoms with Gasteiger partial charge in [0, 0.05) is 56.2 Å². The number of furan rings is 1. The van der Waals surface area contributed by atoms with E-state index in [9.17, 15) is 0 Å². The lowest BCUT2D eigenvalue weighted by Crippen LogP contribution is -2.68. The Kier molecular flexibility index (Phi) is 7.08. The summed E-state index contributed by atoms with van der Waals surface area (Å²) in [7, 11) is 0. The molecule has 2 saturated heterocycles. The van der Waals surface area contributed by atoms with Crippen LogP contribution in [0.5, 0.6) is 0 Å². The molecule has 3 heterocycles. The van der Waals surface area contributed by atoms with Crippen molar-refractivity contribution in [3.05, 3.63) is 24.2 Å². The summed E-state index contributed by atoms with van der Waals surface area (Å²) in [4.78, 5) is 4.85. The fraction of sp³-hybridized carbons (Fsp3) is 0.750. The van der Waals surface area contributed by atoms with Crippen molar-refractivity contribution in [2.24, 2.45) is 16.3 Å². The molecule has 4 rings (SSSR count).